The van der Waals surface area contributed by atoms with Crippen molar-refractivity contribution >= 4 is 33.4 Å². The number of hydrogen-bond donors (Lipinski definition) is 4. The largest absolute Gasteiger partial charge is 0.573 e. The minimum atomic E-state index is -4.79. The first-order valence-electron chi connectivity index (χ1n) is 12.7. The number of aromatic nitrogens is 2. The van der Waals surface area contributed by atoms with Crippen molar-refractivity contribution in [3.8, 4) is 5.75 Å². The molecule has 0 unspecified atom stereocenters. The molecule has 0 aliphatic rings. The van der Waals surface area contributed by atoms with E-state index in [0.717, 1.165) is 29.0 Å². The summed E-state index contributed by atoms with van der Waals surface area (Å²) in [5, 5.41) is 18.5. The van der Waals surface area contributed by atoms with Gasteiger partial charge in [0.25, 0.3) is 0 Å². The number of ether oxygens (including phenoxy) is 2. The lowest BCUT2D eigenvalue weighted by Crippen LogP contribution is -2.18. The number of nitrogens with one attached hydrogen (secondary N) is 2. The van der Waals surface area contributed by atoms with Crippen LogP contribution in [0.15, 0.2) is 54.9 Å². The minimum Gasteiger partial charge on any atom is -0.406 e. The van der Waals surface area contributed by atoms with Crippen LogP contribution >= 0.6 is 0 Å². The summed E-state index contributed by atoms with van der Waals surface area (Å²) in [6.07, 6.45) is 0.275. The molecule has 4 aromatic rings. The Balaban J connectivity index is 1.19. The highest BCUT2D eigenvalue weighted by molar-refractivity contribution is 6.11. The molecule has 40 heavy (non-hydrogen) atoms. The number of nitrogens with zero attached hydrogens (tertiary/aromatic N) is 2. The molecule has 0 fully saturated rings. The van der Waals surface area contributed by atoms with E-state index in [4.69, 9.17) is 10.5 Å². The van der Waals surface area contributed by atoms with Crippen LogP contribution in [-0.4, -0.2) is 53.6 Å². The topological polar surface area (TPSA) is 132 Å². The molecule has 2 aromatic heterocycles. The number of carbonyl (C=O) groups is 1. The third kappa shape index (κ3) is 8.01. The van der Waals surface area contributed by atoms with Crippen molar-refractivity contribution < 1.29 is 32.5 Å². The van der Waals surface area contributed by atoms with Gasteiger partial charge in [0.1, 0.15) is 11.6 Å². The Morgan fingerprint density at radius 1 is 0.975 bits per heavy atom. The molecule has 0 saturated carbocycles. The summed E-state index contributed by atoms with van der Waals surface area (Å²) in [7, 11) is 0. The quantitative estimate of drug-likeness (QED) is 0.134. The Hall–Kier alpha value is -4.00. The van der Waals surface area contributed by atoms with Gasteiger partial charge in [-0.05, 0) is 60.8 Å². The van der Waals surface area contributed by atoms with Gasteiger partial charge in [-0.1, -0.05) is 12.1 Å². The summed E-state index contributed by atoms with van der Waals surface area (Å²) < 4.78 is 47.2. The van der Waals surface area contributed by atoms with Crippen molar-refractivity contribution in [1.29, 1.82) is 0 Å². The predicted molar refractivity (Wildman–Crippen MR) is 145 cm³/mol. The molecule has 212 valence electrons. The first-order chi connectivity index (χ1) is 19.2. The van der Waals surface area contributed by atoms with Crippen LogP contribution in [-0.2, 0) is 17.9 Å². The standard InChI is InChI=1S/C28H30F3N5O4/c29-28(30,31)40-21-12-18(11-19(13-21)17-37)15-33-6-1-2-9-39-10-8-35-27-23-5-7-34-16-24(23)22-4-3-20(26(32)38)14-25(22)36-27/h3-5,7,11-14,16,33,37H,1-2,6,8-10,15,17H2,(H2,32,38)(H,35,36). The number of anilines is 1. The van der Waals surface area contributed by atoms with Gasteiger partial charge in [0, 0.05) is 53.8 Å². The highest BCUT2D eigenvalue weighted by atomic mass is 19.4. The van der Waals surface area contributed by atoms with Crippen molar-refractivity contribution in [1.82, 2.24) is 15.3 Å². The monoisotopic (exact) mass is 557 g/mol. The molecule has 1 amide bonds. The van der Waals surface area contributed by atoms with Gasteiger partial charge in [0.2, 0.25) is 5.91 Å². The average molecular weight is 558 g/mol. The van der Waals surface area contributed by atoms with E-state index in [9.17, 15) is 23.1 Å². The number of halogens is 3. The summed E-state index contributed by atoms with van der Waals surface area (Å²) in [5.74, 6) is -0.209. The zero-order valence-corrected chi connectivity index (χ0v) is 21.6. The van der Waals surface area contributed by atoms with Crippen LogP contribution < -0.4 is 21.1 Å². The van der Waals surface area contributed by atoms with Crippen LogP contribution in [0.4, 0.5) is 19.0 Å². The van der Waals surface area contributed by atoms with E-state index in [1.165, 1.54) is 12.1 Å². The van der Waals surface area contributed by atoms with Gasteiger partial charge in [0.05, 0.1) is 18.7 Å². The smallest absolute Gasteiger partial charge is 0.406 e. The number of fused-ring (bicyclic) bond motifs is 3. The van der Waals surface area contributed by atoms with Crippen molar-refractivity contribution in [2.45, 2.75) is 32.4 Å². The van der Waals surface area contributed by atoms with Crippen LogP contribution in [0.25, 0.3) is 21.7 Å². The molecule has 12 heteroatoms. The van der Waals surface area contributed by atoms with E-state index >= 15 is 0 Å². The predicted octanol–water partition coefficient (Wildman–Crippen LogP) is 4.27. The second-order valence-electron chi connectivity index (χ2n) is 9.09. The van der Waals surface area contributed by atoms with Gasteiger partial charge in [-0.15, -0.1) is 13.2 Å². The normalized spacial score (nSPS) is 11.7. The number of aliphatic hydroxyl groups is 1. The maximum Gasteiger partial charge on any atom is 0.573 e. The minimum absolute atomic E-state index is 0.343. The van der Waals surface area contributed by atoms with Crippen molar-refractivity contribution in [2.75, 3.05) is 31.6 Å². The molecular formula is C28H30F3N5O4. The molecule has 0 atom stereocenters. The number of alkyl halides is 3. The number of aliphatic hydroxyl groups excluding tert-OH is 1. The number of unbranched alkanes of at least 4 members (excludes halogenated alkanes) is 1. The number of amides is 1. The van der Waals surface area contributed by atoms with Crippen LogP contribution in [0.5, 0.6) is 5.75 Å². The first-order valence-corrected chi connectivity index (χ1v) is 12.7. The third-order valence-corrected chi connectivity index (χ3v) is 6.08. The van der Waals surface area contributed by atoms with Gasteiger partial charge < -0.3 is 30.9 Å². The second-order valence-corrected chi connectivity index (χ2v) is 9.09. The maximum atomic E-state index is 12.5. The maximum absolute atomic E-state index is 12.5. The Morgan fingerprint density at radius 2 is 1.80 bits per heavy atom. The van der Waals surface area contributed by atoms with Crippen LogP contribution in [0, 0.1) is 0 Å². The summed E-state index contributed by atoms with van der Waals surface area (Å²) in [6.45, 7) is 2.13. The summed E-state index contributed by atoms with van der Waals surface area (Å²) >= 11 is 0. The molecule has 2 aromatic carbocycles. The number of primary amides is 1. The van der Waals surface area contributed by atoms with Gasteiger partial charge in [-0.3, -0.25) is 9.78 Å². The van der Waals surface area contributed by atoms with Crippen molar-refractivity contribution in [2.24, 2.45) is 5.73 Å². The highest BCUT2D eigenvalue weighted by Gasteiger charge is 2.31. The van der Waals surface area contributed by atoms with Crippen LogP contribution in [0.1, 0.15) is 34.3 Å². The Morgan fingerprint density at radius 3 is 2.58 bits per heavy atom. The second kappa shape index (κ2) is 13.4. The lowest BCUT2D eigenvalue weighted by atomic mass is 10.1. The summed E-state index contributed by atoms with van der Waals surface area (Å²) in [6, 6.07) is 11.1. The molecule has 0 aliphatic carbocycles. The van der Waals surface area contributed by atoms with Crippen molar-refractivity contribution in [3.05, 3.63) is 71.5 Å². The number of pyridine rings is 2. The lowest BCUT2D eigenvalue weighted by molar-refractivity contribution is -0.274. The number of rotatable bonds is 14. The Labute approximate surface area is 228 Å². The zero-order chi connectivity index (χ0) is 28.5. The molecule has 9 nitrogen and oxygen atoms in total. The molecule has 4 rings (SSSR count). The van der Waals surface area contributed by atoms with Gasteiger partial charge >= 0.3 is 6.36 Å². The lowest BCUT2D eigenvalue weighted by Gasteiger charge is -2.13. The number of benzene rings is 2. The molecule has 0 saturated heterocycles. The molecule has 0 spiro atoms. The molecule has 5 N–H and O–H groups in total. The highest BCUT2D eigenvalue weighted by Crippen LogP contribution is 2.29. The van der Waals surface area contributed by atoms with Crippen LogP contribution in [0.3, 0.4) is 0 Å². The van der Waals surface area contributed by atoms with E-state index in [-0.39, 0.29) is 12.4 Å². The first kappa shape index (κ1) is 29.0. The summed E-state index contributed by atoms with van der Waals surface area (Å²) in [4.78, 5) is 20.5. The zero-order valence-electron chi connectivity index (χ0n) is 21.6. The van der Waals surface area contributed by atoms with E-state index in [0.29, 0.717) is 60.9 Å². The van der Waals surface area contributed by atoms with Crippen molar-refractivity contribution in [3.63, 3.8) is 0 Å². The Kier molecular flexibility index (Phi) is 9.70. The Bertz CT molecular complexity index is 1470. The SMILES string of the molecule is NC(=O)c1ccc2c(c1)nc(NCCOCCCCNCc1cc(CO)cc(OC(F)(F)F)c1)c1ccncc12. The number of carbonyl (C=O) groups excluding carboxylic acids is 1. The molecule has 0 bridgehead atoms. The molecule has 0 radical (unpaired) electrons. The van der Waals surface area contributed by atoms with Gasteiger partial charge in [-0.2, -0.15) is 0 Å². The third-order valence-electron chi connectivity index (χ3n) is 6.08. The molecule has 2 heterocycles. The molecular weight excluding hydrogens is 527 g/mol. The van der Waals surface area contributed by atoms with Gasteiger partial charge in [-0.25, -0.2) is 4.98 Å². The van der Waals surface area contributed by atoms with Crippen LogP contribution in [0.2, 0.25) is 0 Å². The van der Waals surface area contributed by atoms with E-state index in [1.54, 1.807) is 30.6 Å². The fraction of sp³-hybridized carbons (Fsp3) is 0.321. The number of nitrogens with two attached hydrogens (primary N) is 1. The number of hydrogen-bond acceptors (Lipinski definition) is 8. The fourth-order valence-electron chi connectivity index (χ4n) is 4.28. The van der Waals surface area contributed by atoms with Gasteiger partial charge in [0.15, 0.2) is 0 Å². The van der Waals surface area contributed by atoms with E-state index < -0.39 is 12.3 Å². The summed E-state index contributed by atoms with van der Waals surface area (Å²) in [5.41, 5.74) is 7.37. The van der Waals surface area contributed by atoms with E-state index in [2.05, 4.69) is 25.3 Å². The molecule has 0 aliphatic heterocycles. The van der Waals surface area contributed by atoms with E-state index in [1.807, 2.05) is 12.1 Å². The fourth-order valence-corrected chi connectivity index (χ4v) is 4.28. The average Bonchev–Trinajstić information content (AvgIpc) is 2.92.